The van der Waals surface area contributed by atoms with E-state index in [0.717, 1.165) is 37.4 Å². The van der Waals surface area contributed by atoms with Crippen molar-refractivity contribution in [1.29, 1.82) is 0 Å². The molecule has 0 unspecified atom stereocenters. The van der Waals surface area contributed by atoms with Crippen LogP contribution in [-0.2, 0) is 17.7 Å². The summed E-state index contributed by atoms with van der Waals surface area (Å²) in [5.41, 5.74) is 0.773. The van der Waals surface area contributed by atoms with E-state index in [1.165, 1.54) is 6.07 Å². The van der Waals surface area contributed by atoms with Gasteiger partial charge >= 0.3 is 0 Å². The molecule has 1 aromatic heterocycles. The Labute approximate surface area is 130 Å². The molecule has 1 aliphatic heterocycles. The van der Waals surface area contributed by atoms with Crippen molar-refractivity contribution in [3.63, 3.8) is 0 Å². The number of nitrogens with zero attached hydrogens (tertiary/aromatic N) is 2. The second-order valence-corrected chi connectivity index (χ2v) is 5.89. The van der Waals surface area contributed by atoms with Gasteiger partial charge in [0, 0.05) is 38.5 Å². The number of nitrogens with one attached hydrogen (secondary N) is 1. The Morgan fingerprint density at radius 2 is 2.27 bits per heavy atom. The molecule has 1 N–H and O–H groups in total. The first-order valence-corrected chi connectivity index (χ1v) is 7.73. The second kappa shape index (κ2) is 7.03. The largest absolute Gasteiger partial charge is 0.381 e. The van der Waals surface area contributed by atoms with Crippen LogP contribution in [0.2, 0.25) is 0 Å². The number of likely N-dealkylation sites (tertiary alicyclic amines) is 1. The van der Waals surface area contributed by atoms with Gasteiger partial charge in [0.05, 0.1) is 12.6 Å². The van der Waals surface area contributed by atoms with Gasteiger partial charge in [0.1, 0.15) is 11.6 Å². The number of ether oxygens (including phenoxy) is 1. The number of imidazole rings is 1. The van der Waals surface area contributed by atoms with Gasteiger partial charge in [0.15, 0.2) is 0 Å². The zero-order valence-corrected chi connectivity index (χ0v) is 12.8. The predicted molar refractivity (Wildman–Crippen MR) is 82.9 cm³/mol. The lowest BCUT2D eigenvalue weighted by atomic mass is 9.88. The van der Waals surface area contributed by atoms with Crippen LogP contribution in [0, 0.1) is 11.7 Å². The van der Waals surface area contributed by atoms with Crippen molar-refractivity contribution in [2.24, 2.45) is 5.92 Å². The Hall–Kier alpha value is -1.72. The molecule has 1 aliphatic rings. The molecule has 0 radical (unpaired) electrons. The summed E-state index contributed by atoms with van der Waals surface area (Å²) in [6.07, 6.45) is 5.48. The van der Waals surface area contributed by atoms with E-state index in [0.29, 0.717) is 12.3 Å². The molecule has 4 nitrogen and oxygen atoms in total. The van der Waals surface area contributed by atoms with Crippen molar-refractivity contribution in [1.82, 2.24) is 14.9 Å². The smallest absolute Gasteiger partial charge is 0.126 e. The molecule has 0 aliphatic carbocycles. The van der Waals surface area contributed by atoms with Crippen LogP contribution in [0.15, 0.2) is 36.7 Å². The summed E-state index contributed by atoms with van der Waals surface area (Å²) in [5.74, 6) is 1.15. The lowest BCUT2D eigenvalue weighted by molar-refractivity contribution is -0.00929. The average molecular weight is 303 g/mol. The Balaban J connectivity index is 1.67. The molecule has 1 fully saturated rings. The Morgan fingerprint density at radius 3 is 3.00 bits per heavy atom. The van der Waals surface area contributed by atoms with Crippen LogP contribution in [0.1, 0.15) is 17.8 Å². The SMILES string of the molecule is CO[C@H]1CCN(Cc2ncc[nH]2)C[C@H]1Cc1ccccc1F. The third kappa shape index (κ3) is 3.54. The number of rotatable bonds is 5. The predicted octanol–water partition coefficient (Wildman–Crippen LogP) is 2.63. The molecule has 2 heterocycles. The van der Waals surface area contributed by atoms with Crippen molar-refractivity contribution in [3.05, 3.63) is 53.9 Å². The van der Waals surface area contributed by atoms with Crippen LogP contribution < -0.4 is 0 Å². The molecule has 5 heteroatoms. The van der Waals surface area contributed by atoms with Crippen molar-refractivity contribution >= 4 is 0 Å². The van der Waals surface area contributed by atoms with E-state index in [2.05, 4.69) is 14.9 Å². The summed E-state index contributed by atoms with van der Waals surface area (Å²) in [5, 5.41) is 0. The minimum Gasteiger partial charge on any atom is -0.381 e. The van der Waals surface area contributed by atoms with Crippen LogP contribution in [0.5, 0.6) is 0 Å². The highest BCUT2D eigenvalue weighted by Crippen LogP contribution is 2.25. The molecular formula is C17H22FN3O. The second-order valence-electron chi connectivity index (χ2n) is 5.89. The first kappa shape index (κ1) is 15.2. The van der Waals surface area contributed by atoms with Crippen molar-refractivity contribution in [2.75, 3.05) is 20.2 Å². The van der Waals surface area contributed by atoms with Crippen LogP contribution in [0.3, 0.4) is 0 Å². The molecule has 2 atom stereocenters. The molecule has 22 heavy (non-hydrogen) atoms. The fraction of sp³-hybridized carbons (Fsp3) is 0.471. The van der Waals surface area contributed by atoms with E-state index in [-0.39, 0.29) is 11.9 Å². The fourth-order valence-corrected chi connectivity index (χ4v) is 3.28. The summed E-state index contributed by atoms with van der Waals surface area (Å²) in [6.45, 7) is 2.68. The topological polar surface area (TPSA) is 41.1 Å². The minimum atomic E-state index is -0.125. The summed E-state index contributed by atoms with van der Waals surface area (Å²) >= 11 is 0. The van der Waals surface area contributed by atoms with Gasteiger partial charge in [-0.1, -0.05) is 18.2 Å². The van der Waals surface area contributed by atoms with Gasteiger partial charge in [-0.25, -0.2) is 9.37 Å². The number of methoxy groups -OCH3 is 1. The number of aromatic amines is 1. The van der Waals surface area contributed by atoms with E-state index in [1.807, 2.05) is 18.3 Å². The van der Waals surface area contributed by atoms with Gasteiger partial charge in [0.2, 0.25) is 0 Å². The van der Waals surface area contributed by atoms with E-state index in [9.17, 15) is 4.39 Å². The van der Waals surface area contributed by atoms with Crippen LogP contribution in [0.4, 0.5) is 4.39 Å². The molecule has 0 amide bonds. The number of benzene rings is 1. The van der Waals surface area contributed by atoms with Crippen LogP contribution >= 0.6 is 0 Å². The number of aromatic nitrogens is 2. The van der Waals surface area contributed by atoms with Crippen LogP contribution in [0.25, 0.3) is 0 Å². The number of piperidine rings is 1. The average Bonchev–Trinajstić information content (AvgIpc) is 3.03. The molecule has 3 rings (SSSR count). The Kier molecular flexibility index (Phi) is 4.85. The van der Waals surface area contributed by atoms with Gasteiger partial charge in [-0.15, -0.1) is 0 Å². The third-order valence-electron chi connectivity index (χ3n) is 4.42. The normalized spacial score (nSPS) is 22.8. The maximum Gasteiger partial charge on any atom is 0.126 e. The van der Waals surface area contributed by atoms with Crippen LogP contribution in [-0.4, -0.2) is 41.2 Å². The van der Waals surface area contributed by atoms with E-state index >= 15 is 0 Å². The zero-order chi connectivity index (χ0) is 15.4. The molecule has 1 aromatic carbocycles. The van der Waals surface area contributed by atoms with Gasteiger partial charge in [0.25, 0.3) is 0 Å². The van der Waals surface area contributed by atoms with Crippen molar-refractivity contribution in [2.45, 2.75) is 25.5 Å². The molecular weight excluding hydrogens is 281 g/mol. The van der Waals surface area contributed by atoms with Crippen molar-refractivity contribution < 1.29 is 9.13 Å². The fourth-order valence-electron chi connectivity index (χ4n) is 3.28. The number of halogens is 1. The molecule has 0 saturated carbocycles. The molecule has 0 spiro atoms. The summed E-state index contributed by atoms with van der Waals surface area (Å²) in [6, 6.07) is 7.02. The monoisotopic (exact) mass is 303 g/mol. The lowest BCUT2D eigenvalue weighted by Gasteiger charge is -2.37. The molecule has 118 valence electrons. The highest BCUT2D eigenvalue weighted by Gasteiger charge is 2.30. The highest BCUT2D eigenvalue weighted by atomic mass is 19.1. The van der Waals surface area contributed by atoms with Gasteiger partial charge in [-0.2, -0.15) is 0 Å². The highest BCUT2D eigenvalue weighted by molar-refractivity contribution is 5.18. The third-order valence-corrected chi connectivity index (χ3v) is 4.42. The minimum absolute atomic E-state index is 0.125. The van der Waals surface area contributed by atoms with E-state index in [1.54, 1.807) is 19.4 Å². The van der Waals surface area contributed by atoms with Gasteiger partial charge in [-0.3, -0.25) is 4.90 Å². The molecule has 1 saturated heterocycles. The quantitative estimate of drug-likeness (QED) is 0.923. The number of H-pyrrole nitrogens is 1. The zero-order valence-electron chi connectivity index (χ0n) is 12.8. The maximum atomic E-state index is 13.9. The maximum absolute atomic E-state index is 13.9. The molecule has 2 aromatic rings. The van der Waals surface area contributed by atoms with Crippen molar-refractivity contribution in [3.8, 4) is 0 Å². The van der Waals surface area contributed by atoms with E-state index < -0.39 is 0 Å². The van der Waals surface area contributed by atoms with Gasteiger partial charge in [-0.05, 0) is 24.5 Å². The Bertz CT molecular complexity index is 587. The van der Waals surface area contributed by atoms with Gasteiger partial charge < -0.3 is 9.72 Å². The lowest BCUT2D eigenvalue weighted by Crippen LogP contribution is -2.44. The number of hydrogen-bond acceptors (Lipinski definition) is 3. The summed E-state index contributed by atoms with van der Waals surface area (Å²) in [4.78, 5) is 9.78. The first-order valence-electron chi connectivity index (χ1n) is 7.73. The summed E-state index contributed by atoms with van der Waals surface area (Å²) < 4.78 is 19.5. The standard InChI is InChI=1S/C17H22FN3O/c1-22-16-6-9-21(12-17-19-7-8-20-17)11-14(16)10-13-4-2-3-5-15(13)18/h2-5,7-8,14,16H,6,9-12H2,1H3,(H,19,20)/t14-,16+/m1/s1. The summed E-state index contributed by atoms with van der Waals surface area (Å²) in [7, 11) is 1.75. The first-order chi connectivity index (χ1) is 10.8. The molecule has 0 bridgehead atoms. The van der Waals surface area contributed by atoms with E-state index in [4.69, 9.17) is 4.74 Å². The number of hydrogen-bond donors (Lipinski definition) is 1. The Morgan fingerprint density at radius 1 is 1.41 bits per heavy atom.